The van der Waals surface area contributed by atoms with Crippen molar-refractivity contribution >= 4 is 11.6 Å². The average molecular weight is 310 g/mol. The molecule has 20 heavy (non-hydrogen) atoms. The number of aryl methyl sites for hydroxylation is 1. The van der Waals surface area contributed by atoms with Gasteiger partial charge in [0.15, 0.2) is 0 Å². The van der Waals surface area contributed by atoms with Crippen LogP contribution in [-0.4, -0.2) is 20.9 Å². The highest BCUT2D eigenvalue weighted by Crippen LogP contribution is 2.23. The molecule has 9 heteroatoms. The van der Waals surface area contributed by atoms with Crippen molar-refractivity contribution in [1.82, 2.24) is 14.8 Å². The normalized spacial score (nSPS) is 11.8. The second kappa shape index (κ2) is 5.28. The molecular formula is C11H8ClF4N3O. The van der Waals surface area contributed by atoms with E-state index in [1.165, 1.54) is 6.07 Å². The van der Waals surface area contributed by atoms with Crippen molar-refractivity contribution in [2.24, 2.45) is 0 Å². The van der Waals surface area contributed by atoms with Gasteiger partial charge in [-0.05, 0) is 18.2 Å². The van der Waals surface area contributed by atoms with Crippen LogP contribution in [0.4, 0.5) is 17.6 Å². The number of H-pyrrole nitrogens is 1. The molecule has 0 fully saturated rings. The number of nitrogens with zero attached hydrogens (tertiary/aromatic N) is 2. The molecule has 1 N–H and O–H groups in total. The van der Waals surface area contributed by atoms with Gasteiger partial charge in [0, 0.05) is 6.42 Å². The Hall–Kier alpha value is -1.83. The van der Waals surface area contributed by atoms with Gasteiger partial charge in [-0.2, -0.15) is 18.3 Å². The average Bonchev–Trinajstić information content (AvgIpc) is 2.71. The molecule has 0 aliphatic heterocycles. The third-order valence-corrected chi connectivity index (χ3v) is 2.82. The molecule has 1 aromatic heterocycles. The van der Waals surface area contributed by atoms with E-state index in [-0.39, 0.29) is 16.5 Å². The lowest BCUT2D eigenvalue weighted by atomic mass is 10.2. The van der Waals surface area contributed by atoms with E-state index in [1.54, 1.807) is 0 Å². The maximum Gasteiger partial charge on any atom is 0.389 e. The summed E-state index contributed by atoms with van der Waals surface area (Å²) in [5, 5.41) is 5.36. The Morgan fingerprint density at radius 1 is 1.35 bits per heavy atom. The zero-order valence-electron chi connectivity index (χ0n) is 9.84. The van der Waals surface area contributed by atoms with Crippen LogP contribution in [0.5, 0.6) is 0 Å². The first kappa shape index (κ1) is 14.6. The topological polar surface area (TPSA) is 50.7 Å². The zero-order chi connectivity index (χ0) is 14.9. The molecule has 0 atom stereocenters. The van der Waals surface area contributed by atoms with Crippen molar-refractivity contribution < 1.29 is 17.6 Å². The van der Waals surface area contributed by atoms with Crippen LogP contribution in [0, 0.1) is 5.82 Å². The van der Waals surface area contributed by atoms with Crippen molar-refractivity contribution in [2.75, 3.05) is 0 Å². The summed E-state index contributed by atoms with van der Waals surface area (Å²) in [6.07, 6.45) is -5.95. The van der Waals surface area contributed by atoms with Gasteiger partial charge >= 0.3 is 11.9 Å². The number of halogens is 5. The molecule has 1 aromatic carbocycles. The number of aromatic nitrogens is 3. The van der Waals surface area contributed by atoms with Gasteiger partial charge in [0.1, 0.15) is 11.6 Å². The Morgan fingerprint density at radius 2 is 2.05 bits per heavy atom. The molecule has 0 aliphatic rings. The predicted molar refractivity (Wildman–Crippen MR) is 63.5 cm³/mol. The van der Waals surface area contributed by atoms with Crippen molar-refractivity contribution in [3.8, 4) is 5.69 Å². The van der Waals surface area contributed by atoms with Gasteiger partial charge in [0.2, 0.25) is 0 Å². The molecular weight excluding hydrogens is 302 g/mol. The molecule has 0 unspecified atom stereocenters. The molecule has 2 rings (SSSR count). The maximum atomic E-state index is 13.1. The van der Waals surface area contributed by atoms with Crippen molar-refractivity contribution in [3.05, 3.63) is 45.3 Å². The molecule has 0 bridgehead atoms. The number of aromatic amines is 1. The number of nitrogens with one attached hydrogen (secondary N) is 1. The first-order chi connectivity index (χ1) is 9.28. The molecule has 0 saturated carbocycles. The number of rotatable bonds is 3. The molecule has 2 aromatic rings. The molecule has 0 aliphatic carbocycles. The largest absolute Gasteiger partial charge is 0.389 e. The lowest BCUT2D eigenvalue weighted by Crippen LogP contribution is -2.18. The number of alkyl halides is 3. The summed E-state index contributed by atoms with van der Waals surface area (Å²) in [7, 11) is 0. The summed E-state index contributed by atoms with van der Waals surface area (Å²) in [5.41, 5.74) is -0.572. The van der Waals surface area contributed by atoms with E-state index >= 15 is 0 Å². The minimum absolute atomic E-state index is 0.102. The molecule has 1 heterocycles. The van der Waals surface area contributed by atoms with Crippen LogP contribution in [0.15, 0.2) is 23.0 Å². The fraction of sp³-hybridized carbons (Fsp3) is 0.273. The van der Waals surface area contributed by atoms with E-state index in [2.05, 4.69) is 10.2 Å². The lowest BCUT2D eigenvalue weighted by molar-refractivity contribution is -0.134. The van der Waals surface area contributed by atoms with Crippen molar-refractivity contribution in [3.63, 3.8) is 0 Å². The monoisotopic (exact) mass is 309 g/mol. The Morgan fingerprint density at radius 3 is 2.65 bits per heavy atom. The van der Waals surface area contributed by atoms with Crippen LogP contribution in [0.3, 0.4) is 0 Å². The minimum atomic E-state index is -4.36. The molecule has 0 radical (unpaired) electrons. The molecule has 0 amide bonds. The second-order valence-electron chi connectivity index (χ2n) is 3.99. The highest BCUT2D eigenvalue weighted by Gasteiger charge is 2.28. The van der Waals surface area contributed by atoms with Gasteiger partial charge in [0.25, 0.3) is 0 Å². The summed E-state index contributed by atoms with van der Waals surface area (Å²) >= 11 is 5.58. The fourth-order valence-corrected chi connectivity index (χ4v) is 1.82. The van der Waals surface area contributed by atoms with Crippen LogP contribution in [0.25, 0.3) is 5.69 Å². The minimum Gasteiger partial charge on any atom is -0.247 e. The van der Waals surface area contributed by atoms with Crippen LogP contribution < -0.4 is 5.69 Å². The molecule has 4 nitrogen and oxygen atoms in total. The van der Waals surface area contributed by atoms with Crippen molar-refractivity contribution in [2.45, 2.75) is 19.0 Å². The van der Waals surface area contributed by atoms with Gasteiger partial charge in [-0.25, -0.2) is 18.9 Å². The van der Waals surface area contributed by atoms with Gasteiger partial charge in [0.05, 0.1) is 17.1 Å². The zero-order valence-corrected chi connectivity index (χ0v) is 10.6. The van der Waals surface area contributed by atoms with Gasteiger partial charge in [-0.1, -0.05) is 11.6 Å². The third kappa shape index (κ3) is 3.19. The Labute approximate surface area is 115 Å². The van der Waals surface area contributed by atoms with E-state index in [9.17, 15) is 22.4 Å². The summed E-state index contributed by atoms with van der Waals surface area (Å²) in [6, 6.07) is 3.39. The van der Waals surface area contributed by atoms with E-state index in [0.717, 1.165) is 16.7 Å². The Kier molecular flexibility index (Phi) is 3.85. The number of hydrogen-bond acceptors (Lipinski definition) is 2. The quantitative estimate of drug-likeness (QED) is 0.886. The first-order valence-electron chi connectivity index (χ1n) is 5.46. The van der Waals surface area contributed by atoms with Crippen LogP contribution in [0.2, 0.25) is 5.02 Å². The highest BCUT2D eigenvalue weighted by atomic mass is 35.5. The van der Waals surface area contributed by atoms with Crippen LogP contribution in [-0.2, 0) is 6.42 Å². The van der Waals surface area contributed by atoms with Gasteiger partial charge in [-0.15, -0.1) is 0 Å². The van der Waals surface area contributed by atoms with E-state index in [1.807, 2.05) is 0 Å². The van der Waals surface area contributed by atoms with Crippen molar-refractivity contribution in [1.29, 1.82) is 0 Å². The molecule has 108 valence electrons. The smallest absolute Gasteiger partial charge is 0.247 e. The number of benzene rings is 1. The SMILES string of the molecule is O=c1[nH]nc(CCC(F)(F)F)n1-c1ccc(F)c(Cl)c1. The molecule has 0 saturated heterocycles. The van der Waals surface area contributed by atoms with E-state index in [0.29, 0.717) is 0 Å². The standard InChI is InChI=1S/C11H8ClF4N3O/c12-7-5-6(1-2-8(7)13)19-9(17-18-10(19)20)3-4-11(14,15)16/h1-2,5H,3-4H2,(H,18,20). The third-order valence-electron chi connectivity index (χ3n) is 2.54. The van der Waals surface area contributed by atoms with Gasteiger partial charge < -0.3 is 0 Å². The number of hydrogen-bond donors (Lipinski definition) is 1. The second-order valence-corrected chi connectivity index (χ2v) is 4.40. The lowest BCUT2D eigenvalue weighted by Gasteiger charge is -2.08. The summed E-state index contributed by atoms with van der Waals surface area (Å²) in [6.45, 7) is 0. The highest BCUT2D eigenvalue weighted by molar-refractivity contribution is 6.30. The Balaban J connectivity index is 2.38. The molecule has 0 spiro atoms. The van der Waals surface area contributed by atoms with Crippen LogP contribution >= 0.6 is 11.6 Å². The predicted octanol–water partition coefficient (Wildman–Crippen LogP) is 2.85. The maximum absolute atomic E-state index is 13.1. The fourth-order valence-electron chi connectivity index (χ4n) is 1.64. The summed E-state index contributed by atoms with van der Waals surface area (Å²) in [5.74, 6) is -0.793. The van der Waals surface area contributed by atoms with E-state index in [4.69, 9.17) is 11.6 Å². The Bertz CT molecular complexity index is 677. The van der Waals surface area contributed by atoms with Crippen LogP contribution in [0.1, 0.15) is 12.2 Å². The first-order valence-corrected chi connectivity index (χ1v) is 5.84. The summed E-state index contributed by atoms with van der Waals surface area (Å²) < 4.78 is 50.6. The van der Waals surface area contributed by atoms with Gasteiger partial charge in [-0.3, -0.25) is 0 Å². The van der Waals surface area contributed by atoms with E-state index < -0.39 is 30.5 Å². The summed E-state index contributed by atoms with van der Waals surface area (Å²) in [4.78, 5) is 11.6.